The van der Waals surface area contributed by atoms with Crippen molar-refractivity contribution in [3.05, 3.63) is 79.1 Å². The quantitative estimate of drug-likeness (QED) is 0.492. The number of carbonyl (C=O) groups is 2. The standard InChI is InChI=1S/C19H16N8O2/c28-16(11-26-13-20-12-21-26)23-24-19(29)17-22-18(14-7-3-1-4-8-14)27(25-17)15-9-5-2-6-10-15/h1-10,12-13H,11H2,(H,23,28)(H,24,29). The van der Waals surface area contributed by atoms with E-state index in [1.807, 2.05) is 60.7 Å². The van der Waals surface area contributed by atoms with Crippen LogP contribution in [0.1, 0.15) is 10.6 Å². The molecule has 2 aromatic heterocycles. The fraction of sp³-hybridized carbons (Fsp3) is 0.0526. The molecule has 4 aromatic rings. The monoisotopic (exact) mass is 388 g/mol. The molecule has 0 fully saturated rings. The van der Waals surface area contributed by atoms with Gasteiger partial charge in [-0.3, -0.25) is 20.4 Å². The molecule has 2 aromatic carbocycles. The molecular weight excluding hydrogens is 372 g/mol. The van der Waals surface area contributed by atoms with Crippen molar-refractivity contribution in [1.82, 2.24) is 40.4 Å². The Morgan fingerprint density at radius 1 is 0.931 bits per heavy atom. The van der Waals surface area contributed by atoms with Gasteiger partial charge in [0, 0.05) is 5.56 Å². The van der Waals surface area contributed by atoms with E-state index >= 15 is 0 Å². The Balaban J connectivity index is 1.55. The van der Waals surface area contributed by atoms with Crippen LogP contribution in [-0.4, -0.2) is 41.3 Å². The summed E-state index contributed by atoms with van der Waals surface area (Å²) in [5.74, 6) is -0.664. The van der Waals surface area contributed by atoms with E-state index < -0.39 is 11.8 Å². The van der Waals surface area contributed by atoms with Gasteiger partial charge in [0.2, 0.25) is 5.82 Å². The summed E-state index contributed by atoms with van der Waals surface area (Å²) in [5.41, 5.74) is 6.19. The molecule has 0 saturated carbocycles. The smallest absolute Gasteiger partial charge is 0.271 e. The largest absolute Gasteiger partial charge is 0.309 e. The lowest BCUT2D eigenvalue weighted by atomic mass is 10.2. The van der Waals surface area contributed by atoms with E-state index in [1.54, 1.807) is 4.68 Å². The molecule has 4 rings (SSSR count). The van der Waals surface area contributed by atoms with Crippen LogP contribution >= 0.6 is 0 Å². The summed E-state index contributed by atoms with van der Waals surface area (Å²) in [6.45, 7) is -0.0819. The molecule has 0 aliphatic carbocycles. The third-order valence-corrected chi connectivity index (χ3v) is 3.93. The van der Waals surface area contributed by atoms with Gasteiger partial charge in [-0.1, -0.05) is 48.5 Å². The average Bonchev–Trinajstić information content (AvgIpc) is 3.43. The molecule has 0 unspecified atom stereocenters. The molecule has 0 atom stereocenters. The summed E-state index contributed by atoms with van der Waals surface area (Å²) in [6, 6.07) is 18.8. The molecular formula is C19H16N8O2. The zero-order chi connectivity index (χ0) is 20.1. The molecule has 0 radical (unpaired) electrons. The maximum absolute atomic E-state index is 12.5. The SMILES string of the molecule is O=C(Cn1cncn1)NNC(=O)c1nc(-c2ccccc2)n(-c2ccccc2)n1. The molecule has 2 amide bonds. The molecule has 2 heterocycles. The van der Waals surface area contributed by atoms with Crippen LogP contribution in [0.2, 0.25) is 0 Å². The summed E-state index contributed by atoms with van der Waals surface area (Å²) >= 11 is 0. The number of para-hydroxylation sites is 1. The van der Waals surface area contributed by atoms with Gasteiger partial charge in [-0.25, -0.2) is 19.3 Å². The summed E-state index contributed by atoms with van der Waals surface area (Å²) in [7, 11) is 0. The van der Waals surface area contributed by atoms with Crippen LogP contribution in [0.4, 0.5) is 0 Å². The van der Waals surface area contributed by atoms with Crippen molar-refractivity contribution >= 4 is 11.8 Å². The number of nitrogens with one attached hydrogen (secondary N) is 2. The number of hydrazine groups is 1. The summed E-state index contributed by atoms with van der Waals surface area (Å²) in [6.07, 6.45) is 2.72. The number of amides is 2. The molecule has 2 N–H and O–H groups in total. The van der Waals surface area contributed by atoms with Gasteiger partial charge >= 0.3 is 5.91 Å². The third-order valence-electron chi connectivity index (χ3n) is 3.93. The Hall–Kier alpha value is -4.34. The summed E-state index contributed by atoms with van der Waals surface area (Å²) < 4.78 is 2.92. The molecule has 29 heavy (non-hydrogen) atoms. The van der Waals surface area contributed by atoms with E-state index in [1.165, 1.54) is 17.3 Å². The van der Waals surface area contributed by atoms with Crippen LogP contribution in [0.25, 0.3) is 17.1 Å². The van der Waals surface area contributed by atoms with Crippen molar-refractivity contribution in [2.24, 2.45) is 0 Å². The minimum Gasteiger partial charge on any atom is -0.271 e. The number of nitrogens with zero attached hydrogens (tertiary/aromatic N) is 6. The topological polar surface area (TPSA) is 120 Å². The number of rotatable bonds is 5. The van der Waals surface area contributed by atoms with Gasteiger partial charge in [-0.15, -0.1) is 5.10 Å². The van der Waals surface area contributed by atoms with Crippen molar-refractivity contribution in [2.75, 3.05) is 0 Å². The first-order chi connectivity index (χ1) is 14.2. The first-order valence-electron chi connectivity index (χ1n) is 8.70. The average molecular weight is 388 g/mol. The lowest BCUT2D eigenvalue weighted by molar-refractivity contribution is -0.122. The van der Waals surface area contributed by atoms with Crippen LogP contribution in [0.5, 0.6) is 0 Å². The van der Waals surface area contributed by atoms with Crippen LogP contribution < -0.4 is 10.9 Å². The Kier molecular flexibility index (Phi) is 5.06. The highest BCUT2D eigenvalue weighted by Gasteiger charge is 2.19. The van der Waals surface area contributed by atoms with E-state index in [0.29, 0.717) is 5.82 Å². The predicted octanol–water partition coefficient (Wildman–Crippen LogP) is 0.987. The molecule has 0 spiro atoms. The molecule has 0 bridgehead atoms. The third kappa shape index (κ3) is 4.16. The van der Waals surface area contributed by atoms with Crippen molar-refractivity contribution < 1.29 is 9.59 Å². The second kappa shape index (κ2) is 8.13. The highest BCUT2D eigenvalue weighted by atomic mass is 16.2. The van der Waals surface area contributed by atoms with Crippen LogP contribution in [-0.2, 0) is 11.3 Å². The van der Waals surface area contributed by atoms with Crippen molar-refractivity contribution in [3.8, 4) is 17.1 Å². The van der Waals surface area contributed by atoms with E-state index in [-0.39, 0.29) is 12.4 Å². The van der Waals surface area contributed by atoms with Crippen LogP contribution in [0.15, 0.2) is 73.3 Å². The fourth-order valence-electron chi connectivity index (χ4n) is 2.61. The molecule has 10 heteroatoms. The minimum atomic E-state index is -0.635. The van der Waals surface area contributed by atoms with Gasteiger partial charge in [0.05, 0.1) is 5.69 Å². The van der Waals surface area contributed by atoms with E-state index in [2.05, 4.69) is 31.0 Å². The Morgan fingerprint density at radius 3 is 2.34 bits per heavy atom. The van der Waals surface area contributed by atoms with Crippen LogP contribution in [0.3, 0.4) is 0 Å². The van der Waals surface area contributed by atoms with Gasteiger partial charge in [0.25, 0.3) is 5.91 Å². The summed E-state index contributed by atoms with van der Waals surface area (Å²) in [5, 5.41) is 8.15. The molecule has 10 nitrogen and oxygen atoms in total. The number of hydrogen-bond donors (Lipinski definition) is 2. The minimum absolute atomic E-state index is 0.0752. The molecule has 0 aliphatic heterocycles. The lowest BCUT2D eigenvalue weighted by Crippen LogP contribution is -2.43. The van der Waals surface area contributed by atoms with E-state index in [0.717, 1.165) is 11.3 Å². The van der Waals surface area contributed by atoms with Crippen molar-refractivity contribution in [2.45, 2.75) is 6.54 Å². The van der Waals surface area contributed by atoms with Crippen molar-refractivity contribution in [1.29, 1.82) is 0 Å². The molecule has 144 valence electrons. The highest BCUT2D eigenvalue weighted by molar-refractivity contribution is 5.92. The van der Waals surface area contributed by atoms with Crippen molar-refractivity contribution in [3.63, 3.8) is 0 Å². The summed E-state index contributed by atoms with van der Waals surface area (Å²) in [4.78, 5) is 32.5. The second-order valence-corrected chi connectivity index (χ2v) is 5.97. The number of carbonyl (C=O) groups excluding carboxylic acids is 2. The first kappa shape index (κ1) is 18.0. The second-order valence-electron chi connectivity index (χ2n) is 5.97. The Morgan fingerprint density at radius 2 is 1.66 bits per heavy atom. The molecule has 0 aliphatic rings. The van der Waals surface area contributed by atoms with Gasteiger partial charge in [-0.05, 0) is 12.1 Å². The van der Waals surface area contributed by atoms with E-state index in [4.69, 9.17) is 0 Å². The number of hydrogen-bond acceptors (Lipinski definition) is 6. The zero-order valence-electron chi connectivity index (χ0n) is 15.1. The Bertz CT molecular complexity index is 1050. The highest BCUT2D eigenvalue weighted by Crippen LogP contribution is 2.20. The van der Waals surface area contributed by atoms with E-state index in [9.17, 15) is 9.59 Å². The normalized spacial score (nSPS) is 10.5. The fourth-order valence-corrected chi connectivity index (χ4v) is 2.61. The van der Waals surface area contributed by atoms with Gasteiger partial charge in [-0.2, -0.15) is 5.10 Å². The predicted molar refractivity (Wildman–Crippen MR) is 102 cm³/mol. The van der Waals surface area contributed by atoms with Gasteiger partial charge < -0.3 is 0 Å². The first-order valence-corrected chi connectivity index (χ1v) is 8.70. The Labute approximate surface area is 165 Å². The van der Waals surface area contributed by atoms with Gasteiger partial charge in [0.15, 0.2) is 5.82 Å². The number of benzene rings is 2. The maximum atomic E-state index is 12.5. The molecule has 0 saturated heterocycles. The van der Waals surface area contributed by atoms with Crippen LogP contribution in [0, 0.1) is 0 Å². The van der Waals surface area contributed by atoms with Gasteiger partial charge in [0.1, 0.15) is 19.2 Å². The number of aromatic nitrogens is 6. The zero-order valence-corrected chi connectivity index (χ0v) is 15.1. The maximum Gasteiger partial charge on any atom is 0.309 e. The lowest BCUT2D eigenvalue weighted by Gasteiger charge is -2.05.